The van der Waals surface area contributed by atoms with E-state index in [9.17, 15) is 14.0 Å². The third kappa shape index (κ3) is 4.04. The van der Waals surface area contributed by atoms with Crippen molar-refractivity contribution < 1.29 is 9.18 Å². The van der Waals surface area contributed by atoms with Crippen molar-refractivity contribution in [2.24, 2.45) is 0 Å². The number of hydrogen-bond donors (Lipinski definition) is 0. The highest BCUT2D eigenvalue weighted by molar-refractivity contribution is 6.30. The highest BCUT2D eigenvalue weighted by atomic mass is 35.5. The maximum Gasteiger partial charge on any atom is 0.355 e. The number of fused-ring (bicyclic) bond motifs is 1. The van der Waals surface area contributed by atoms with Crippen molar-refractivity contribution in [2.45, 2.75) is 39.7 Å². The summed E-state index contributed by atoms with van der Waals surface area (Å²) in [5.74, 6) is -0.538. The molecule has 1 atom stereocenters. The first-order valence-electron chi connectivity index (χ1n) is 11.1. The molecule has 1 aliphatic heterocycles. The van der Waals surface area contributed by atoms with E-state index in [-0.39, 0.29) is 28.7 Å². The summed E-state index contributed by atoms with van der Waals surface area (Å²) in [4.78, 5) is 42.3. The largest absolute Gasteiger partial charge is 0.355 e. The topological polar surface area (TPSA) is 84.2 Å². The van der Waals surface area contributed by atoms with Gasteiger partial charge in [-0.25, -0.2) is 18.7 Å². The second-order valence-corrected chi connectivity index (χ2v) is 9.09. The highest BCUT2D eigenvalue weighted by Crippen LogP contribution is 2.31. The van der Waals surface area contributed by atoms with Gasteiger partial charge in [-0.1, -0.05) is 32.0 Å². The zero-order valence-electron chi connectivity index (χ0n) is 19.5. The third-order valence-electron chi connectivity index (χ3n) is 6.07. The predicted molar refractivity (Wildman–Crippen MR) is 130 cm³/mol. The molecule has 3 aromatic heterocycles. The van der Waals surface area contributed by atoms with E-state index < -0.39 is 11.5 Å². The fraction of sp³-hybridized carbons (Fsp3) is 0.375. The number of carbonyl (C=O) groups is 1. The van der Waals surface area contributed by atoms with Crippen LogP contribution in [0.2, 0.25) is 5.15 Å². The van der Waals surface area contributed by atoms with Crippen LogP contribution in [0.4, 0.5) is 10.2 Å². The van der Waals surface area contributed by atoms with Crippen LogP contribution >= 0.6 is 11.6 Å². The average molecular weight is 485 g/mol. The smallest absolute Gasteiger partial charge is 0.352 e. The first-order valence-corrected chi connectivity index (χ1v) is 11.4. The van der Waals surface area contributed by atoms with Crippen molar-refractivity contribution in [1.29, 1.82) is 0 Å². The van der Waals surface area contributed by atoms with Gasteiger partial charge in [0.1, 0.15) is 5.82 Å². The molecule has 178 valence electrons. The van der Waals surface area contributed by atoms with E-state index in [0.717, 1.165) is 5.56 Å². The SMILES string of the molecule is C=CC(=O)N1CCN(c2nc(=O)n(-c3c(C)ccnc3C(C)C)c3nc(Cl)c(F)cc23)C[C@H]1C. The van der Waals surface area contributed by atoms with Gasteiger partial charge in [0.15, 0.2) is 16.6 Å². The Balaban J connectivity index is 1.95. The fourth-order valence-electron chi connectivity index (χ4n) is 4.41. The normalized spacial score (nSPS) is 16.4. The summed E-state index contributed by atoms with van der Waals surface area (Å²) >= 11 is 6.07. The van der Waals surface area contributed by atoms with Gasteiger partial charge in [-0.2, -0.15) is 4.98 Å². The monoisotopic (exact) mass is 484 g/mol. The van der Waals surface area contributed by atoms with Crippen molar-refractivity contribution in [1.82, 2.24) is 24.4 Å². The Hall–Kier alpha value is -3.33. The minimum absolute atomic E-state index is 0.0174. The molecule has 1 amide bonds. The van der Waals surface area contributed by atoms with Crippen LogP contribution in [-0.4, -0.2) is 56.0 Å². The van der Waals surface area contributed by atoms with Gasteiger partial charge in [0.25, 0.3) is 0 Å². The van der Waals surface area contributed by atoms with E-state index in [2.05, 4.69) is 21.5 Å². The summed E-state index contributed by atoms with van der Waals surface area (Å²) in [6, 6.07) is 2.91. The van der Waals surface area contributed by atoms with Crippen LogP contribution in [-0.2, 0) is 4.79 Å². The molecular weight excluding hydrogens is 459 g/mol. The van der Waals surface area contributed by atoms with E-state index in [1.165, 1.54) is 16.7 Å². The number of piperazine rings is 1. The van der Waals surface area contributed by atoms with Gasteiger partial charge in [-0.15, -0.1) is 0 Å². The molecule has 0 spiro atoms. The number of carbonyl (C=O) groups excluding carboxylic acids is 1. The van der Waals surface area contributed by atoms with Crippen molar-refractivity contribution in [3.8, 4) is 5.69 Å². The Kier molecular flexibility index (Phi) is 6.40. The van der Waals surface area contributed by atoms with Crippen molar-refractivity contribution in [3.05, 3.63) is 63.7 Å². The van der Waals surface area contributed by atoms with E-state index >= 15 is 0 Å². The van der Waals surface area contributed by atoms with Gasteiger partial charge in [0.2, 0.25) is 5.91 Å². The van der Waals surface area contributed by atoms with E-state index in [1.807, 2.05) is 32.6 Å². The standard InChI is InChI=1S/C24H26ClFN6O2/c1-6-18(33)31-10-9-30(12-15(31)5)22-16-11-17(26)21(25)28-23(16)32(24(34)29-22)20-14(4)7-8-27-19(20)13(2)3/h6-8,11,13,15H,1,9-10,12H2,2-5H3/t15-/m1/s1. The molecule has 0 N–H and O–H groups in total. The van der Waals surface area contributed by atoms with Gasteiger partial charge in [0, 0.05) is 31.9 Å². The Bertz CT molecular complexity index is 1360. The molecule has 0 unspecified atom stereocenters. The Labute approximate surface area is 201 Å². The van der Waals surface area contributed by atoms with Gasteiger partial charge in [-0.3, -0.25) is 9.78 Å². The summed E-state index contributed by atoms with van der Waals surface area (Å²) in [5, 5.41) is 0.0235. The molecule has 0 radical (unpaired) electrons. The van der Waals surface area contributed by atoms with E-state index in [1.54, 1.807) is 17.2 Å². The molecule has 0 aliphatic carbocycles. The number of aryl methyl sites for hydroxylation is 1. The molecule has 8 nitrogen and oxygen atoms in total. The fourth-order valence-corrected chi connectivity index (χ4v) is 4.54. The number of hydrogen-bond acceptors (Lipinski definition) is 6. The molecule has 4 rings (SSSR count). The zero-order chi connectivity index (χ0) is 24.7. The number of aromatic nitrogens is 4. The van der Waals surface area contributed by atoms with Crippen LogP contribution in [0.25, 0.3) is 16.7 Å². The molecular formula is C24H26ClFN6O2. The number of amides is 1. The molecule has 0 bridgehead atoms. The summed E-state index contributed by atoms with van der Waals surface area (Å²) < 4.78 is 16.0. The van der Waals surface area contributed by atoms with Crippen LogP contribution in [0.3, 0.4) is 0 Å². The summed E-state index contributed by atoms with van der Waals surface area (Å²) in [7, 11) is 0. The first kappa shape index (κ1) is 23.8. The van der Waals surface area contributed by atoms with Gasteiger partial charge >= 0.3 is 5.69 Å². The maximum absolute atomic E-state index is 14.6. The zero-order valence-corrected chi connectivity index (χ0v) is 20.3. The molecule has 1 aliphatic rings. The third-order valence-corrected chi connectivity index (χ3v) is 6.33. The van der Waals surface area contributed by atoms with Crippen LogP contribution in [0, 0.1) is 12.7 Å². The minimum Gasteiger partial charge on any atom is -0.352 e. The summed E-state index contributed by atoms with van der Waals surface area (Å²) in [6.45, 7) is 12.5. The Morgan fingerprint density at radius 2 is 2.06 bits per heavy atom. The van der Waals surface area contributed by atoms with Crippen LogP contribution in [0.1, 0.15) is 37.9 Å². The highest BCUT2D eigenvalue weighted by Gasteiger charge is 2.30. The molecule has 34 heavy (non-hydrogen) atoms. The van der Waals surface area contributed by atoms with Crippen LogP contribution in [0.5, 0.6) is 0 Å². The van der Waals surface area contributed by atoms with Crippen LogP contribution < -0.4 is 10.6 Å². The van der Waals surface area contributed by atoms with Gasteiger partial charge in [-0.05, 0) is 43.5 Å². The van der Waals surface area contributed by atoms with Crippen molar-refractivity contribution in [2.75, 3.05) is 24.5 Å². The van der Waals surface area contributed by atoms with Gasteiger partial charge < -0.3 is 9.80 Å². The van der Waals surface area contributed by atoms with Gasteiger partial charge in [0.05, 0.1) is 16.8 Å². The summed E-state index contributed by atoms with van der Waals surface area (Å²) in [6.07, 6.45) is 2.97. The number of anilines is 1. The lowest BCUT2D eigenvalue weighted by Crippen LogP contribution is -2.54. The van der Waals surface area contributed by atoms with Crippen LogP contribution in [0.15, 0.2) is 35.8 Å². The molecule has 0 aromatic carbocycles. The second kappa shape index (κ2) is 9.13. The predicted octanol–water partition coefficient (Wildman–Crippen LogP) is 3.62. The van der Waals surface area contributed by atoms with E-state index in [4.69, 9.17) is 11.6 Å². The lowest BCUT2D eigenvalue weighted by molar-refractivity contribution is -0.128. The number of halogens is 2. The maximum atomic E-state index is 14.6. The quantitative estimate of drug-likeness (QED) is 0.415. The Morgan fingerprint density at radius 3 is 2.71 bits per heavy atom. The van der Waals surface area contributed by atoms with E-state index in [0.29, 0.717) is 42.2 Å². The molecule has 1 fully saturated rings. The summed E-state index contributed by atoms with van der Waals surface area (Å²) in [5.41, 5.74) is 1.72. The minimum atomic E-state index is -0.706. The number of nitrogens with zero attached hydrogens (tertiary/aromatic N) is 6. The second-order valence-electron chi connectivity index (χ2n) is 8.73. The Morgan fingerprint density at radius 1 is 1.32 bits per heavy atom. The molecule has 10 heteroatoms. The average Bonchev–Trinajstić information content (AvgIpc) is 2.79. The number of rotatable bonds is 4. The molecule has 1 saturated heterocycles. The van der Waals surface area contributed by atoms with Crippen molar-refractivity contribution in [3.63, 3.8) is 0 Å². The lowest BCUT2D eigenvalue weighted by atomic mass is 10.0. The molecule has 0 saturated carbocycles. The first-order chi connectivity index (χ1) is 16.1. The molecule has 3 aromatic rings. The molecule has 4 heterocycles. The number of pyridine rings is 2. The lowest BCUT2D eigenvalue weighted by Gasteiger charge is -2.40. The van der Waals surface area contributed by atoms with Crippen molar-refractivity contribution >= 4 is 34.4 Å².